The minimum Gasteiger partial charge on any atom is -0.329 e. The van der Waals surface area contributed by atoms with Crippen LogP contribution in [0.1, 0.15) is 31.9 Å². The average molecular weight is 312 g/mol. The van der Waals surface area contributed by atoms with Gasteiger partial charge < -0.3 is 10.6 Å². The van der Waals surface area contributed by atoms with Crippen molar-refractivity contribution in [1.82, 2.24) is 5.32 Å². The van der Waals surface area contributed by atoms with Gasteiger partial charge in [0.25, 0.3) is 0 Å². The lowest BCUT2D eigenvalue weighted by Gasteiger charge is -2.27. The first kappa shape index (κ1) is 16.7. The number of benzene rings is 2. The maximum atomic E-state index is 12.9. The number of hydrogen-bond acceptors (Lipinski definition) is 1. The number of halogens is 1. The van der Waals surface area contributed by atoms with E-state index in [-0.39, 0.29) is 11.8 Å². The first-order valence-corrected chi connectivity index (χ1v) is 7.39. The van der Waals surface area contributed by atoms with Crippen LogP contribution in [-0.2, 0) is 5.54 Å². The molecule has 0 atom stereocenters. The summed E-state index contributed by atoms with van der Waals surface area (Å²) in [6.45, 7) is 9.74. The Balaban J connectivity index is 2.10. The molecule has 0 aliphatic heterocycles. The number of hydrogen-bond donors (Lipinski definition) is 2. The summed E-state index contributed by atoms with van der Waals surface area (Å²) in [4.78, 5) is 12.2. The van der Waals surface area contributed by atoms with Crippen molar-refractivity contribution in [3.8, 4) is 0 Å². The molecular formula is C19H21FN2O. The topological polar surface area (TPSA) is 41.1 Å². The minimum absolute atomic E-state index is 0.340. The molecular weight excluding hydrogens is 291 g/mol. The summed E-state index contributed by atoms with van der Waals surface area (Å²) in [7, 11) is 0. The zero-order chi connectivity index (χ0) is 17.0. The van der Waals surface area contributed by atoms with Crippen LogP contribution in [0.25, 0.3) is 5.57 Å². The Morgan fingerprint density at radius 1 is 1.13 bits per heavy atom. The molecule has 0 unspecified atom stereocenters. The van der Waals surface area contributed by atoms with Gasteiger partial charge in [-0.1, -0.05) is 30.4 Å². The van der Waals surface area contributed by atoms with Gasteiger partial charge in [0.2, 0.25) is 0 Å². The second-order valence-corrected chi connectivity index (χ2v) is 6.07. The van der Waals surface area contributed by atoms with E-state index in [9.17, 15) is 9.18 Å². The molecule has 2 aromatic carbocycles. The summed E-state index contributed by atoms with van der Waals surface area (Å²) >= 11 is 0. The first-order chi connectivity index (χ1) is 10.8. The standard InChI is InChI=1S/C19H21FN2O/c1-13(2)14-6-5-7-15(12-14)19(3,4)22-18(23)21-17-10-8-16(20)9-11-17/h5-12H,1H2,2-4H3,(H2,21,22,23). The average Bonchev–Trinajstić information content (AvgIpc) is 2.49. The fourth-order valence-electron chi connectivity index (χ4n) is 2.22. The van der Waals surface area contributed by atoms with Gasteiger partial charge in [0, 0.05) is 5.69 Å². The Morgan fingerprint density at radius 2 is 1.78 bits per heavy atom. The number of carbonyl (C=O) groups is 1. The lowest BCUT2D eigenvalue weighted by Crippen LogP contribution is -2.43. The molecule has 120 valence electrons. The van der Waals surface area contributed by atoms with Gasteiger partial charge in [0.1, 0.15) is 5.82 Å². The fraction of sp³-hybridized carbons (Fsp3) is 0.211. The van der Waals surface area contributed by atoms with E-state index in [0.29, 0.717) is 5.69 Å². The van der Waals surface area contributed by atoms with Gasteiger partial charge in [-0.25, -0.2) is 9.18 Å². The smallest absolute Gasteiger partial charge is 0.319 e. The summed E-state index contributed by atoms with van der Waals surface area (Å²) in [5.74, 6) is -0.340. The number of amides is 2. The molecule has 0 bridgehead atoms. The molecule has 0 aliphatic carbocycles. The summed E-state index contributed by atoms with van der Waals surface area (Å²) < 4.78 is 12.9. The zero-order valence-electron chi connectivity index (χ0n) is 13.6. The van der Waals surface area contributed by atoms with Gasteiger partial charge in [-0.2, -0.15) is 0 Å². The van der Waals surface area contributed by atoms with Crippen LogP contribution in [0.3, 0.4) is 0 Å². The quantitative estimate of drug-likeness (QED) is 0.827. The van der Waals surface area contributed by atoms with Gasteiger partial charge in [-0.05, 0) is 62.2 Å². The zero-order valence-corrected chi connectivity index (χ0v) is 13.6. The summed E-state index contributed by atoms with van der Waals surface area (Å²) in [6.07, 6.45) is 0. The summed E-state index contributed by atoms with van der Waals surface area (Å²) in [6, 6.07) is 13.2. The molecule has 0 aliphatic rings. The normalized spacial score (nSPS) is 11.0. The Morgan fingerprint density at radius 3 is 2.39 bits per heavy atom. The van der Waals surface area contributed by atoms with E-state index in [0.717, 1.165) is 16.7 Å². The molecule has 0 saturated heterocycles. The molecule has 0 saturated carbocycles. The molecule has 3 nitrogen and oxygen atoms in total. The third-order valence-corrected chi connectivity index (χ3v) is 3.61. The predicted octanol–water partition coefficient (Wildman–Crippen LogP) is 4.92. The molecule has 4 heteroatoms. The Bertz CT molecular complexity index is 720. The maximum absolute atomic E-state index is 12.9. The maximum Gasteiger partial charge on any atom is 0.319 e. The Hall–Kier alpha value is -2.62. The van der Waals surface area contributed by atoms with E-state index in [1.54, 1.807) is 0 Å². The van der Waals surface area contributed by atoms with E-state index >= 15 is 0 Å². The van der Waals surface area contributed by atoms with Crippen molar-refractivity contribution in [2.75, 3.05) is 5.32 Å². The number of nitrogens with one attached hydrogen (secondary N) is 2. The van der Waals surface area contributed by atoms with E-state index in [2.05, 4.69) is 17.2 Å². The monoisotopic (exact) mass is 312 g/mol. The van der Waals surface area contributed by atoms with Crippen molar-refractivity contribution in [2.24, 2.45) is 0 Å². The SMILES string of the molecule is C=C(C)c1cccc(C(C)(C)NC(=O)Nc2ccc(F)cc2)c1. The van der Waals surface area contributed by atoms with Crippen LogP contribution in [0, 0.1) is 5.82 Å². The van der Waals surface area contributed by atoms with Crippen LogP contribution in [-0.4, -0.2) is 6.03 Å². The van der Waals surface area contributed by atoms with Crippen LogP contribution < -0.4 is 10.6 Å². The van der Waals surface area contributed by atoms with Gasteiger partial charge in [0.05, 0.1) is 5.54 Å². The first-order valence-electron chi connectivity index (χ1n) is 7.39. The molecule has 0 fully saturated rings. The van der Waals surface area contributed by atoms with Crippen LogP contribution in [0.4, 0.5) is 14.9 Å². The molecule has 2 rings (SSSR count). The van der Waals surface area contributed by atoms with Crippen molar-refractivity contribution >= 4 is 17.3 Å². The predicted molar refractivity (Wildman–Crippen MR) is 92.7 cm³/mol. The molecule has 2 aromatic rings. The van der Waals surface area contributed by atoms with Gasteiger partial charge in [0.15, 0.2) is 0 Å². The number of carbonyl (C=O) groups excluding carboxylic acids is 1. The molecule has 0 heterocycles. The molecule has 23 heavy (non-hydrogen) atoms. The van der Waals surface area contributed by atoms with Crippen LogP contribution >= 0.6 is 0 Å². The Labute approximate surface area is 136 Å². The molecule has 2 N–H and O–H groups in total. The molecule has 0 aromatic heterocycles. The third kappa shape index (κ3) is 4.42. The van der Waals surface area contributed by atoms with E-state index in [4.69, 9.17) is 0 Å². The van der Waals surface area contributed by atoms with Crippen molar-refractivity contribution in [2.45, 2.75) is 26.3 Å². The van der Waals surface area contributed by atoms with E-state index in [1.807, 2.05) is 45.0 Å². The van der Waals surface area contributed by atoms with Crippen molar-refractivity contribution in [3.05, 3.63) is 72.1 Å². The fourth-order valence-corrected chi connectivity index (χ4v) is 2.22. The highest BCUT2D eigenvalue weighted by atomic mass is 19.1. The van der Waals surface area contributed by atoms with Crippen molar-refractivity contribution < 1.29 is 9.18 Å². The molecule has 2 amide bonds. The van der Waals surface area contributed by atoms with Gasteiger partial charge in [-0.3, -0.25) is 0 Å². The number of rotatable bonds is 4. The van der Waals surface area contributed by atoms with Crippen LogP contribution in [0.15, 0.2) is 55.1 Å². The van der Waals surface area contributed by atoms with Crippen LogP contribution in [0.2, 0.25) is 0 Å². The number of anilines is 1. The van der Waals surface area contributed by atoms with Crippen molar-refractivity contribution in [1.29, 1.82) is 0 Å². The Kier molecular flexibility index (Phi) is 4.84. The second kappa shape index (κ2) is 6.65. The number of urea groups is 1. The minimum atomic E-state index is -0.560. The number of allylic oxidation sites excluding steroid dienone is 1. The van der Waals surface area contributed by atoms with E-state index in [1.165, 1.54) is 24.3 Å². The summed E-state index contributed by atoms with van der Waals surface area (Å²) in [5, 5.41) is 5.63. The molecule has 0 radical (unpaired) electrons. The van der Waals surface area contributed by atoms with E-state index < -0.39 is 5.54 Å². The van der Waals surface area contributed by atoms with Gasteiger partial charge in [-0.15, -0.1) is 0 Å². The highest BCUT2D eigenvalue weighted by molar-refractivity contribution is 5.89. The molecule has 0 spiro atoms. The largest absolute Gasteiger partial charge is 0.329 e. The second-order valence-electron chi connectivity index (χ2n) is 6.07. The highest BCUT2D eigenvalue weighted by Crippen LogP contribution is 2.23. The van der Waals surface area contributed by atoms with Crippen molar-refractivity contribution in [3.63, 3.8) is 0 Å². The highest BCUT2D eigenvalue weighted by Gasteiger charge is 2.23. The van der Waals surface area contributed by atoms with Crippen LogP contribution in [0.5, 0.6) is 0 Å². The summed E-state index contributed by atoms with van der Waals surface area (Å²) in [5.41, 5.74) is 2.97. The third-order valence-electron chi connectivity index (χ3n) is 3.61. The van der Waals surface area contributed by atoms with Gasteiger partial charge >= 0.3 is 6.03 Å². The lowest BCUT2D eigenvalue weighted by molar-refractivity contribution is 0.242. The lowest BCUT2D eigenvalue weighted by atomic mass is 9.92.